The predicted molar refractivity (Wildman–Crippen MR) is 97.1 cm³/mol. The molecule has 2 unspecified atom stereocenters. The molecule has 1 aliphatic carbocycles. The molecule has 11 heteroatoms. The largest absolute Gasteiger partial charge is 0.391 e. The number of piperazine rings is 1. The Labute approximate surface area is 166 Å². The number of alkyl halides is 3. The first-order valence-electron chi connectivity index (χ1n) is 9.45. The summed E-state index contributed by atoms with van der Waals surface area (Å²) in [5, 5.41) is 2.65. The van der Waals surface area contributed by atoms with Crippen LogP contribution in [-0.2, 0) is 10.0 Å². The number of hydrogen-bond donors (Lipinski definition) is 1. The van der Waals surface area contributed by atoms with E-state index in [0.717, 1.165) is 12.1 Å². The number of carbonyl (C=O) groups is 1. The second-order valence-electron chi connectivity index (χ2n) is 7.40. The van der Waals surface area contributed by atoms with Crippen LogP contribution in [0.2, 0.25) is 0 Å². The van der Waals surface area contributed by atoms with Crippen LogP contribution in [0.15, 0.2) is 29.2 Å². The molecular weight excluding hydrogens is 414 g/mol. The van der Waals surface area contributed by atoms with Gasteiger partial charge in [-0.2, -0.15) is 17.5 Å². The summed E-state index contributed by atoms with van der Waals surface area (Å²) in [7, 11) is -3.87. The lowest BCUT2D eigenvalue weighted by Gasteiger charge is -2.36. The molecule has 1 heterocycles. The standard InChI is InChI=1S/C18H23F4N3O3S/c19-14-4-2-6-16(12-14)29(27,28)25-9-7-24(8-10-25)17(26)23-15-5-1-3-13(11-15)18(20,21)22/h2,4,6,12-13,15H,1,3,5,7-11H2,(H,23,26). The number of amides is 2. The first kappa shape index (κ1) is 21.8. The van der Waals surface area contributed by atoms with Crippen molar-refractivity contribution in [1.29, 1.82) is 0 Å². The fraction of sp³-hybridized carbons (Fsp3) is 0.611. The van der Waals surface area contributed by atoms with E-state index >= 15 is 0 Å². The third kappa shape index (κ3) is 5.19. The second kappa shape index (κ2) is 8.47. The lowest BCUT2D eigenvalue weighted by Crippen LogP contribution is -2.55. The zero-order chi connectivity index (χ0) is 21.2. The number of nitrogens with one attached hydrogen (secondary N) is 1. The fourth-order valence-corrected chi connectivity index (χ4v) is 5.25. The van der Waals surface area contributed by atoms with Gasteiger partial charge in [0.05, 0.1) is 10.8 Å². The highest BCUT2D eigenvalue weighted by Crippen LogP contribution is 2.37. The summed E-state index contributed by atoms with van der Waals surface area (Å²) in [6.45, 7) is 0.274. The minimum absolute atomic E-state index is 0.0299. The van der Waals surface area contributed by atoms with Gasteiger partial charge in [0, 0.05) is 32.2 Å². The second-order valence-corrected chi connectivity index (χ2v) is 9.34. The number of benzene rings is 1. The van der Waals surface area contributed by atoms with Crippen molar-refractivity contribution in [3.05, 3.63) is 30.1 Å². The molecule has 1 aromatic carbocycles. The highest BCUT2D eigenvalue weighted by atomic mass is 32.2. The highest BCUT2D eigenvalue weighted by Gasteiger charge is 2.42. The molecule has 1 aromatic rings. The van der Waals surface area contributed by atoms with Crippen LogP contribution in [0, 0.1) is 11.7 Å². The number of nitrogens with zero attached hydrogens (tertiary/aromatic N) is 2. The van der Waals surface area contributed by atoms with Crippen LogP contribution in [0.4, 0.5) is 22.4 Å². The van der Waals surface area contributed by atoms with Gasteiger partial charge in [-0.25, -0.2) is 17.6 Å². The molecule has 2 atom stereocenters. The van der Waals surface area contributed by atoms with Crippen molar-refractivity contribution in [3.63, 3.8) is 0 Å². The van der Waals surface area contributed by atoms with Crippen LogP contribution >= 0.6 is 0 Å². The summed E-state index contributed by atoms with van der Waals surface area (Å²) in [5.74, 6) is -2.07. The molecule has 162 valence electrons. The van der Waals surface area contributed by atoms with E-state index in [9.17, 15) is 30.8 Å². The van der Waals surface area contributed by atoms with Gasteiger partial charge in [0.25, 0.3) is 0 Å². The van der Waals surface area contributed by atoms with E-state index in [0.29, 0.717) is 12.8 Å². The molecule has 1 aliphatic heterocycles. The molecule has 29 heavy (non-hydrogen) atoms. The molecular formula is C18H23F4N3O3S. The predicted octanol–water partition coefficient (Wildman–Crippen LogP) is 2.96. The van der Waals surface area contributed by atoms with E-state index in [1.807, 2.05) is 0 Å². The van der Waals surface area contributed by atoms with Crippen LogP contribution in [0.3, 0.4) is 0 Å². The van der Waals surface area contributed by atoms with E-state index in [1.54, 1.807) is 0 Å². The normalized spacial score (nSPS) is 24.3. The minimum Gasteiger partial charge on any atom is -0.335 e. The summed E-state index contributed by atoms with van der Waals surface area (Å²) < 4.78 is 78.5. The third-order valence-electron chi connectivity index (χ3n) is 5.42. The molecule has 0 bridgehead atoms. The quantitative estimate of drug-likeness (QED) is 0.740. The van der Waals surface area contributed by atoms with Crippen molar-refractivity contribution in [2.24, 2.45) is 5.92 Å². The smallest absolute Gasteiger partial charge is 0.335 e. The van der Waals surface area contributed by atoms with Crippen LogP contribution in [0.25, 0.3) is 0 Å². The van der Waals surface area contributed by atoms with E-state index in [1.165, 1.54) is 21.3 Å². The number of urea groups is 1. The molecule has 1 N–H and O–H groups in total. The van der Waals surface area contributed by atoms with Crippen LogP contribution in [0.1, 0.15) is 25.7 Å². The topological polar surface area (TPSA) is 69.7 Å². The molecule has 1 saturated carbocycles. The molecule has 0 radical (unpaired) electrons. The van der Waals surface area contributed by atoms with E-state index in [4.69, 9.17) is 0 Å². The molecule has 1 saturated heterocycles. The van der Waals surface area contributed by atoms with Gasteiger partial charge in [-0.1, -0.05) is 12.5 Å². The highest BCUT2D eigenvalue weighted by molar-refractivity contribution is 7.89. The van der Waals surface area contributed by atoms with Crippen molar-refractivity contribution in [3.8, 4) is 0 Å². The van der Waals surface area contributed by atoms with Gasteiger partial charge < -0.3 is 10.2 Å². The van der Waals surface area contributed by atoms with Gasteiger partial charge in [0.15, 0.2) is 0 Å². The lowest BCUT2D eigenvalue weighted by molar-refractivity contribution is -0.183. The average molecular weight is 437 g/mol. The van der Waals surface area contributed by atoms with Gasteiger partial charge in [-0.15, -0.1) is 0 Å². The molecule has 0 aromatic heterocycles. The Balaban J connectivity index is 1.54. The Morgan fingerprint density at radius 2 is 1.79 bits per heavy atom. The van der Waals surface area contributed by atoms with Gasteiger partial charge in [-0.3, -0.25) is 0 Å². The van der Waals surface area contributed by atoms with Crippen molar-refractivity contribution in [1.82, 2.24) is 14.5 Å². The number of sulfonamides is 1. The van der Waals surface area contributed by atoms with E-state index in [2.05, 4.69) is 5.32 Å². The number of hydrogen-bond acceptors (Lipinski definition) is 3. The van der Waals surface area contributed by atoms with Crippen LogP contribution in [0.5, 0.6) is 0 Å². The van der Waals surface area contributed by atoms with Gasteiger partial charge in [-0.05, 0) is 37.5 Å². The van der Waals surface area contributed by atoms with Crippen LogP contribution in [-0.4, -0.2) is 62.1 Å². The zero-order valence-electron chi connectivity index (χ0n) is 15.7. The maximum atomic E-state index is 13.3. The maximum Gasteiger partial charge on any atom is 0.391 e. The van der Waals surface area contributed by atoms with E-state index < -0.39 is 40.0 Å². The Morgan fingerprint density at radius 1 is 1.10 bits per heavy atom. The fourth-order valence-electron chi connectivity index (χ4n) is 3.79. The first-order chi connectivity index (χ1) is 13.6. The Hall–Kier alpha value is -1.88. The van der Waals surface area contributed by atoms with Gasteiger partial charge >= 0.3 is 12.2 Å². The minimum atomic E-state index is -4.26. The maximum absolute atomic E-state index is 13.3. The molecule has 0 spiro atoms. The first-order valence-corrected chi connectivity index (χ1v) is 10.9. The Bertz CT molecular complexity index is 839. The van der Waals surface area contributed by atoms with Crippen molar-refractivity contribution < 1.29 is 30.8 Å². The van der Waals surface area contributed by atoms with Crippen molar-refractivity contribution in [2.75, 3.05) is 26.2 Å². The summed E-state index contributed by atoms with van der Waals surface area (Å²) >= 11 is 0. The third-order valence-corrected chi connectivity index (χ3v) is 7.32. The summed E-state index contributed by atoms with van der Waals surface area (Å²) in [4.78, 5) is 13.7. The van der Waals surface area contributed by atoms with Gasteiger partial charge in [0.2, 0.25) is 10.0 Å². The van der Waals surface area contributed by atoms with E-state index in [-0.39, 0.29) is 43.9 Å². The zero-order valence-corrected chi connectivity index (χ0v) is 16.5. The molecule has 2 aliphatic rings. The SMILES string of the molecule is O=C(NC1CCCC(C(F)(F)F)C1)N1CCN(S(=O)(=O)c2cccc(F)c2)CC1. The monoisotopic (exact) mass is 437 g/mol. The lowest BCUT2D eigenvalue weighted by atomic mass is 9.85. The molecule has 3 rings (SSSR count). The number of halogens is 4. The van der Waals surface area contributed by atoms with Gasteiger partial charge in [0.1, 0.15) is 5.82 Å². The summed E-state index contributed by atoms with van der Waals surface area (Å²) in [5.41, 5.74) is 0. The van der Waals surface area contributed by atoms with Crippen LogP contribution < -0.4 is 5.32 Å². The summed E-state index contributed by atoms with van der Waals surface area (Å²) in [6, 6.07) is 3.67. The Morgan fingerprint density at radius 3 is 2.41 bits per heavy atom. The molecule has 2 fully saturated rings. The van der Waals surface area contributed by atoms with Crippen molar-refractivity contribution >= 4 is 16.1 Å². The molecule has 6 nitrogen and oxygen atoms in total. The average Bonchev–Trinajstić information content (AvgIpc) is 2.67. The summed E-state index contributed by atoms with van der Waals surface area (Å²) in [6.07, 6.45) is -3.43. The molecule has 2 amide bonds. The van der Waals surface area contributed by atoms with Crippen molar-refractivity contribution in [2.45, 2.75) is 42.8 Å². The number of carbonyl (C=O) groups excluding carboxylic acids is 1. The Kier molecular flexibility index (Phi) is 6.37. The number of rotatable bonds is 3.